The van der Waals surface area contributed by atoms with E-state index in [9.17, 15) is 13.6 Å². The average molecular weight is 252 g/mol. The Bertz CT molecular complexity index is 624. The first kappa shape index (κ1) is 10.5. The number of fused-ring (bicyclic) bond motifs is 1. The van der Waals surface area contributed by atoms with Crippen molar-refractivity contribution in [1.82, 2.24) is 9.55 Å². The molecule has 0 fully saturated rings. The molecule has 0 bridgehead atoms. The lowest BCUT2D eigenvalue weighted by Crippen LogP contribution is -2.04. The molecule has 1 aromatic carbocycles. The van der Waals surface area contributed by atoms with E-state index in [1.165, 1.54) is 22.5 Å². The zero-order valence-corrected chi connectivity index (χ0v) is 9.30. The maximum Gasteiger partial charge on any atom is 0.243 e. The zero-order chi connectivity index (χ0) is 12.0. The van der Waals surface area contributed by atoms with Crippen molar-refractivity contribution in [3.05, 3.63) is 36.0 Å². The molecule has 1 aliphatic rings. The van der Waals surface area contributed by atoms with Gasteiger partial charge in [-0.05, 0) is 18.2 Å². The number of carbonyl (C=O) groups excluding carboxylic acids is 1. The number of imidazole rings is 1. The van der Waals surface area contributed by atoms with Crippen molar-refractivity contribution in [3.8, 4) is 11.3 Å². The first-order valence-corrected chi connectivity index (χ1v) is 5.84. The number of aromatic nitrogens is 2. The Morgan fingerprint density at radius 1 is 1.35 bits per heavy atom. The van der Waals surface area contributed by atoms with Gasteiger partial charge in [0.05, 0.1) is 11.4 Å². The maximum absolute atomic E-state index is 13.5. The average Bonchev–Trinajstić information content (AvgIpc) is 2.85. The van der Waals surface area contributed by atoms with Crippen LogP contribution < -0.4 is 0 Å². The molecule has 0 aliphatic carbocycles. The first-order chi connectivity index (χ1) is 8.15. The molecule has 0 N–H and O–H groups in total. The van der Waals surface area contributed by atoms with Crippen molar-refractivity contribution in [2.75, 3.05) is 5.75 Å². The fraction of sp³-hybridized carbons (Fsp3) is 0.0909. The monoisotopic (exact) mass is 252 g/mol. The molecule has 1 aromatic heterocycles. The Labute approximate surface area is 99.5 Å². The van der Waals surface area contributed by atoms with E-state index in [2.05, 4.69) is 4.98 Å². The van der Waals surface area contributed by atoms with Crippen molar-refractivity contribution in [3.63, 3.8) is 0 Å². The minimum Gasteiger partial charge on any atom is -0.273 e. The Morgan fingerprint density at radius 2 is 2.18 bits per heavy atom. The minimum atomic E-state index is -0.555. The number of rotatable bonds is 1. The summed E-state index contributed by atoms with van der Waals surface area (Å²) in [5.74, 6) is -0.844. The van der Waals surface area contributed by atoms with Gasteiger partial charge in [-0.15, -0.1) is 0 Å². The van der Waals surface area contributed by atoms with Gasteiger partial charge in [0.15, 0.2) is 5.16 Å². The number of carbonyl (C=O) groups is 1. The molecule has 1 aliphatic heterocycles. The van der Waals surface area contributed by atoms with Crippen molar-refractivity contribution in [1.29, 1.82) is 0 Å². The lowest BCUT2D eigenvalue weighted by Gasteiger charge is -1.99. The fourth-order valence-corrected chi connectivity index (χ4v) is 2.51. The van der Waals surface area contributed by atoms with E-state index in [1.54, 1.807) is 0 Å². The molecule has 0 spiro atoms. The Balaban J connectivity index is 2.13. The van der Waals surface area contributed by atoms with Crippen LogP contribution in [-0.4, -0.2) is 21.2 Å². The second-order valence-electron chi connectivity index (χ2n) is 3.59. The second-order valence-corrected chi connectivity index (χ2v) is 4.53. The second kappa shape index (κ2) is 3.66. The fourth-order valence-electron chi connectivity index (χ4n) is 1.66. The van der Waals surface area contributed by atoms with E-state index < -0.39 is 11.6 Å². The molecule has 0 amide bonds. The third-order valence-corrected chi connectivity index (χ3v) is 3.41. The molecule has 2 aromatic rings. The predicted molar refractivity (Wildman–Crippen MR) is 58.9 cm³/mol. The zero-order valence-electron chi connectivity index (χ0n) is 8.48. The number of benzene rings is 1. The van der Waals surface area contributed by atoms with Crippen LogP contribution in [0.1, 0.15) is 4.79 Å². The van der Waals surface area contributed by atoms with Crippen molar-refractivity contribution < 1.29 is 13.6 Å². The number of halogens is 2. The van der Waals surface area contributed by atoms with E-state index in [4.69, 9.17) is 0 Å². The highest BCUT2D eigenvalue weighted by Crippen LogP contribution is 2.30. The molecule has 3 nitrogen and oxygen atoms in total. The van der Waals surface area contributed by atoms with Crippen molar-refractivity contribution in [2.24, 2.45) is 0 Å². The van der Waals surface area contributed by atoms with Gasteiger partial charge in [0.1, 0.15) is 11.6 Å². The highest BCUT2D eigenvalue weighted by molar-refractivity contribution is 8.00. The molecule has 0 radical (unpaired) electrons. The third-order valence-electron chi connectivity index (χ3n) is 2.47. The van der Waals surface area contributed by atoms with Crippen LogP contribution in [0.4, 0.5) is 8.78 Å². The van der Waals surface area contributed by atoms with Gasteiger partial charge in [-0.1, -0.05) is 11.8 Å². The van der Waals surface area contributed by atoms with Crippen molar-refractivity contribution in [2.45, 2.75) is 5.16 Å². The van der Waals surface area contributed by atoms with Gasteiger partial charge < -0.3 is 0 Å². The number of thioether (sulfide) groups is 1. The Hall–Kier alpha value is -1.69. The van der Waals surface area contributed by atoms with E-state index in [0.29, 0.717) is 10.9 Å². The molecular formula is C11H6F2N2OS. The molecule has 17 heavy (non-hydrogen) atoms. The number of hydrogen-bond acceptors (Lipinski definition) is 3. The molecule has 0 atom stereocenters. The summed E-state index contributed by atoms with van der Waals surface area (Å²) in [4.78, 5) is 15.5. The molecule has 0 unspecified atom stereocenters. The van der Waals surface area contributed by atoms with Gasteiger partial charge in [-0.25, -0.2) is 13.8 Å². The van der Waals surface area contributed by atoms with Crippen LogP contribution in [0.3, 0.4) is 0 Å². The van der Waals surface area contributed by atoms with Crippen LogP contribution in [0.25, 0.3) is 11.3 Å². The first-order valence-electron chi connectivity index (χ1n) is 4.86. The van der Waals surface area contributed by atoms with Crippen LogP contribution >= 0.6 is 11.8 Å². The molecule has 6 heteroatoms. The number of hydrogen-bond donors (Lipinski definition) is 0. The lowest BCUT2D eigenvalue weighted by atomic mass is 10.1. The largest absolute Gasteiger partial charge is 0.273 e. The topological polar surface area (TPSA) is 34.9 Å². The van der Waals surface area contributed by atoms with Gasteiger partial charge in [0.25, 0.3) is 0 Å². The normalized spacial score (nSPS) is 14.1. The molecule has 0 saturated heterocycles. The summed E-state index contributed by atoms with van der Waals surface area (Å²) in [6, 6.07) is 3.16. The summed E-state index contributed by atoms with van der Waals surface area (Å²) < 4.78 is 27.9. The summed E-state index contributed by atoms with van der Waals surface area (Å²) in [6.45, 7) is 0. The third kappa shape index (κ3) is 1.64. The highest BCUT2D eigenvalue weighted by atomic mass is 32.2. The predicted octanol–water partition coefficient (Wildman–Crippen LogP) is 2.57. The van der Waals surface area contributed by atoms with Crippen LogP contribution in [0.5, 0.6) is 0 Å². The summed E-state index contributed by atoms with van der Waals surface area (Å²) in [7, 11) is 0. The summed E-state index contributed by atoms with van der Waals surface area (Å²) in [6.07, 6.45) is 1.44. The van der Waals surface area contributed by atoms with Gasteiger partial charge in [0, 0.05) is 11.8 Å². The van der Waals surface area contributed by atoms with E-state index >= 15 is 0 Å². The highest BCUT2D eigenvalue weighted by Gasteiger charge is 2.23. The maximum atomic E-state index is 13.5. The molecule has 0 saturated carbocycles. The Kier molecular flexibility index (Phi) is 2.25. The van der Waals surface area contributed by atoms with Crippen LogP contribution in [0.2, 0.25) is 0 Å². The summed E-state index contributed by atoms with van der Waals surface area (Å²) in [5.41, 5.74) is 0.345. The lowest BCUT2D eigenvalue weighted by molar-refractivity contribution is 0.0939. The van der Waals surface area contributed by atoms with Crippen LogP contribution in [0.15, 0.2) is 29.6 Å². The van der Waals surface area contributed by atoms with Crippen LogP contribution in [0, 0.1) is 11.6 Å². The molecule has 86 valence electrons. The standard InChI is InChI=1S/C11H6F2N2OS/c12-6-1-2-8(13)7(3-6)9-4-15-10(16)5-17-11(15)14-9/h1-4H,5H2. The minimum absolute atomic E-state index is 0.0697. The number of nitrogens with zero attached hydrogens (tertiary/aromatic N) is 2. The van der Waals surface area contributed by atoms with Gasteiger partial charge in [0.2, 0.25) is 5.91 Å². The molecular weight excluding hydrogens is 246 g/mol. The molecule has 3 rings (SSSR count). The van der Waals surface area contributed by atoms with E-state index in [0.717, 1.165) is 18.2 Å². The van der Waals surface area contributed by atoms with Crippen LogP contribution in [-0.2, 0) is 0 Å². The SMILES string of the molecule is O=C1CSc2nc(-c3cc(F)ccc3F)cn21. The summed E-state index contributed by atoms with van der Waals surface area (Å²) in [5, 5.41) is 0.522. The van der Waals surface area contributed by atoms with Gasteiger partial charge >= 0.3 is 0 Å². The smallest absolute Gasteiger partial charge is 0.243 e. The van der Waals surface area contributed by atoms with E-state index in [1.807, 2.05) is 0 Å². The van der Waals surface area contributed by atoms with E-state index in [-0.39, 0.29) is 17.2 Å². The van der Waals surface area contributed by atoms with Gasteiger partial charge in [-0.3, -0.25) is 9.36 Å². The quantitative estimate of drug-likeness (QED) is 0.782. The Morgan fingerprint density at radius 3 is 2.94 bits per heavy atom. The molecule has 2 heterocycles. The summed E-state index contributed by atoms with van der Waals surface area (Å²) >= 11 is 1.29. The van der Waals surface area contributed by atoms with Gasteiger partial charge in [-0.2, -0.15) is 0 Å². The van der Waals surface area contributed by atoms with Crippen molar-refractivity contribution >= 4 is 17.7 Å².